The van der Waals surface area contributed by atoms with Gasteiger partial charge in [-0.15, -0.1) is 0 Å². The second kappa shape index (κ2) is 46.0. The highest BCUT2D eigenvalue weighted by molar-refractivity contribution is 5.69. The van der Waals surface area contributed by atoms with Crippen LogP contribution in [0.1, 0.15) is 272 Å². The normalized spacial score (nSPS) is 13.8. The number of carbonyl (C=O) groups is 2. The van der Waals surface area contributed by atoms with Crippen molar-refractivity contribution < 1.29 is 19.1 Å². The molecular weight excluding hydrogens is 703 g/mol. The molecular formula is C52H103NO4. The molecule has 1 unspecified atom stereocenters. The van der Waals surface area contributed by atoms with Gasteiger partial charge in [-0.2, -0.15) is 0 Å². The predicted molar refractivity (Wildman–Crippen MR) is 249 cm³/mol. The molecule has 0 radical (unpaired) electrons. The topological polar surface area (TPSA) is 55.8 Å². The van der Waals surface area contributed by atoms with Crippen molar-refractivity contribution in [3.63, 3.8) is 0 Å². The number of esters is 1. The number of carbonyl (C=O) groups excluding carboxylic acids is 2. The van der Waals surface area contributed by atoms with Crippen molar-refractivity contribution in [3.05, 3.63) is 0 Å². The first-order valence-corrected chi connectivity index (χ1v) is 26.0. The zero-order valence-corrected chi connectivity index (χ0v) is 39.6. The van der Waals surface area contributed by atoms with Crippen LogP contribution in [-0.4, -0.2) is 50.2 Å². The summed E-state index contributed by atoms with van der Waals surface area (Å²) in [5.41, 5.74) is 0. The van der Waals surface area contributed by atoms with E-state index in [4.69, 9.17) is 9.47 Å². The highest BCUT2D eigenvalue weighted by Gasteiger charge is 2.17. The molecule has 340 valence electrons. The molecule has 1 aliphatic rings. The highest BCUT2D eigenvalue weighted by Crippen LogP contribution is 2.24. The Hall–Kier alpha value is -1.10. The minimum absolute atomic E-state index is 0.0387. The fourth-order valence-electron chi connectivity index (χ4n) is 8.93. The average molecular weight is 806 g/mol. The summed E-state index contributed by atoms with van der Waals surface area (Å²) in [6, 6.07) is 0. The van der Waals surface area contributed by atoms with Gasteiger partial charge in [0.2, 0.25) is 0 Å². The second-order valence-corrected chi connectivity index (χ2v) is 18.3. The maximum Gasteiger partial charge on any atom is 0.305 e. The molecule has 0 amide bonds. The lowest BCUT2D eigenvalue weighted by Gasteiger charge is -2.30. The number of ether oxygens (including phenoxy) is 2. The molecule has 0 bridgehead atoms. The molecule has 0 aromatic carbocycles. The molecule has 0 aromatic heterocycles. The molecule has 0 spiro atoms. The van der Waals surface area contributed by atoms with E-state index in [1.165, 1.54) is 232 Å². The first kappa shape index (κ1) is 55.9. The fraction of sp³-hybridized carbons (Fsp3) is 0.962. The van der Waals surface area contributed by atoms with Crippen LogP contribution in [0, 0.1) is 17.8 Å². The maximum atomic E-state index is 12.3. The molecule has 1 rings (SSSR count). The Balaban J connectivity index is 0.00000164. The maximum absolute atomic E-state index is 12.3. The Morgan fingerprint density at radius 2 is 0.825 bits per heavy atom. The van der Waals surface area contributed by atoms with E-state index in [-0.39, 0.29) is 5.97 Å². The molecule has 1 aliphatic heterocycles. The van der Waals surface area contributed by atoms with Gasteiger partial charge < -0.3 is 14.4 Å². The van der Waals surface area contributed by atoms with E-state index in [2.05, 4.69) is 39.5 Å². The summed E-state index contributed by atoms with van der Waals surface area (Å²) in [5.74, 6) is 2.46. The van der Waals surface area contributed by atoms with Crippen molar-refractivity contribution in [2.75, 3.05) is 32.8 Å². The molecule has 5 nitrogen and oxygen atoms in total. The summed E-state index contributed by atoms with van der Waals surface area (Å²) < 4.78 is 10.4. The van der Waals surface area contributed by atoms with Crippen LogP contribution in [0.3, 0.4) is 0 Å². The van der Waals surface area contributed by atoms with Crippen molar-refractivity contribution in [1.82, 2.24) is 4.90 Å². The standard InChI is InChI=1S/C38H75NO2.C14H28O2/c1-4-7-10-11-12-15-21-28-37(35-39-32-24-18-25-33-39)29-22-16-13-14-17-23-30-38(40)41-34-31-36(26-19-8-5-2)27-20-9-6-3;1-3-5-7-9-14(10-8-6-4-2)11-12-16-13-15/h36-37H,4-35H2,1-3H3;13-14H,3-12H2,1-2H3. The van der Waals surface area contributed by atoms with Gasteiger partial charge in [0.05, 0.1) is 13.2 Å². The molecule has 0 aromatic rings. The van der Waals surface area contributed by atoms with Crippen molar-refractivity contribution in [1.29, 1.82) is 0 Å². The van der Waals surface area contributed by atoms with Crippen LogP contribution in [0.15, 0.2) is 0 Å². The summed E-state index contributed by atoms with van der Waals surface area (Å²) in [6.45, 7) is 17.2. The first-order valence-electron chi connectivity index (χ1n) is 26.0. The number of nitrogens with zero attached hydrogens (tertiary/aromatic N) is 1. The van der Waals surface area contributed by atoms with Crippen LogP contribution in [0.4, 0.5) is 0 Å². The van der Waals surface area contributed by atoms with Crippen LogP contribution in [0.25, 0.3) is 0 Å². The van der Waals surface area contributed by atoms with E-state index in [1.807, 2.05) is 0 Å². The Morgan fingerprint density at radius 3 is 1.28 bits per heavy atom. The molecule has 1 atom stereocenters. The van der Waals surface area contributed by atoms with Crippen LogP contribution >= 0.6 is 0 Å². The number of rotatable bonds is 42. The Labute approximate surface area is 358 Å². The van der Waals surface area contributed by atoms with E-state index in [0.717, 1.165) is 37.0 Å². The van der Waals surface area contributed by atoms with E-state index in [1.54, 1.807) is 0 Å². The minimum atomic E-state index is 0.0387. The van der Waals surface area contributed by atoms with Gasteiger partial charge in [-0.3, -0.25) is 9.59 Å². The van der Waals surface area contributed by atoms with Gasteiger partial charge >= 0.3 is 5.97 Å². The number of hydrogen-bond donors (Lipinski definition) is 0. The smallest absolute Gasteiger partial charge is 0.305 e. The summed E-state index contributed by atoms with van der Waals surface area (Å²) >= 11 is 0. The Bertz CT molecular complexity index is 779. The molecule has 1 heterocycles. The molecule has 0 N–H and O–H groups in total. The van der Waals surface area contributed by atoms with E-state index < -0.39 is 0 Å². The third kappa shape index (κ3) is 40.1. The van der Waals surface area contributed by atoms with Gasteiger partial charge in [-0.1, -0.05) is 221 Å². The summed E-state index contributed by atoms with van der Waals surface area (Å²) in [6.07, 6.45) is 48.5. The van der Waals surface area contributed by atoms with Gasteiger partial charge in [0, 0.05) is 13.0 Å². The summed E-state index contributed by atoms with van der Waals surface area (Å²) in [4.78, 5) is 25.1. The third-order valence-electron chi connectivity index (χ3n) is 12.8. The van der Waals surface area contributed by atoms with Crippen LogP contribution in [-0.2, 0) is 19.1 Å². The van der Waals surface area contributed by atoms with E-state index >= 15 is 0 Å². The zero-order valence-electron chi connectivity index (χ0n) is 39.6. The van der Waals surface area contributed by atoms with Crippen molar-refractivity contribution >= 4 is 12.4 Å². The minimum Gasteiger partial charge on any atom is -0.468 e. The van der Waals surface area contributed by atoms with Crippen molar-refractivity contribution in [2.45, 2.75) is 272 Å². The van der Waals surface area contributed by atoms with Crippen LogP contribution < -0.4 is 0 Å². The number of likely N-dealkylation sites (tertiary alicyclic amines) is 1. The van der Waals surface area contributed by atoms with Crippen molar-refractivity contribution in [3.8, 4) is 0 Å². The van der Waals surface area contributed by atoms with Crippen molar-refractivity contribution in [2.24, 2.45) is 17.8 Å². The van der Waals surface area contributed by atoms with Gasteiger partial charge in [0.25, 0.3) is 6.47 Å². The highest BCUT2D eigenvalue weighted by atomic mass is 16.5. The van der Waals surface area contributed by atoms with E-state index in [0.29, 0.717) is 26.1 Å². The number of piperidine rings is 1. The van der Waals surface area contributed by atoms with Gasteiger partial charge in [0.1, 0.15) is 0 Å². The van der Waals surface area contributed by atoms with Crippen LogP contribution in [0.5, 0.6) is 0 Å². The molecule has 1 fully saturated rings. The van der Waals surface area contributed by atoms with Gasteiger partial charge in [-0.05, 0) is 75.8 Å². The predicted octanol–water partition coefficient (Wildman–Crippen LogP) is 16.4. The Kier molecular flexibility index (Phi) is 45.1. The lowest BCUT2D eigenvalue weighted by molar-refractivity contribution is -0.144. The lowest BCUT2D eigenvalue weighted by Crippen LogP contribution is -2.34. The quantitative estimate of drug-likeness (QED) is 0.0349. The monoisotopic (exact) mass is 806 g/mol. The molecule has 1 saturated heterocycles. The van der Waals surface area contributed by atoms with Gasteiger partial charge in [-0.25, -0.2) is 0 Å². The molecule has 0 saturated carbocycles. The lowest BCUT2D eigenvalue weighted by atomic mass is 9.92. The largest absolute Gasteiger partial charge is 0.468 e. The Morgan fingerprint density at radius 1 is 0.456 bits per heavy atom. The summed E-state index contributed by atoms with van der Waals surface area (Å²) in [7, 11) is 0. The van der Waals surface area contributed by atoms with Crippen LogP contribution in [0.2, 0.25) is 0 Å². The SMILES string of the molecule is CCCCCC(CCCCC)CCOC=O.CCCCCCCCCC(CCCCCCCCC(=O)OCCC(CCCCC)CCCCC)CN1CCCCC1. The second-order valence-electron chi connectivity index (χ2n) is 18.3. The van der Waals surface area contributed by atoms with Gasteiger partial charge in [0.15, 0.2) is 0 Å². The fourth-order valence-corrected chi connectivity index (χ4v) is 8.93. The number of hydrogen-bond acceptors (Lipinski definition) is 5. The average Bonchev–Trinajstić information content (AvgIpc) is 3.22. The zero-order chi connectivity index (χ0) is 41.7. The molecule has 0 aliphatic carbocycles. The number of unbranched alkanes of at least 4 members (excludes halogenated alkanes) is 19. The molecule has 57 heavy (non-hydrogen) atoms. The first-order chi connectivity index (χ1) is 28.0. The summed E-state index contributed by atoms with van der Waals surface area (Å²) in [5, 5.41) is 0. The van der Waals surface area contributed by atoms with E-state index in [9.17, 15) is 9.59 Å². The molecule has 5 heteroatoms. The third-order valence-corrected chi connectivity index (χ3v) is 12.8.